The van der Waals surface area contributed by atoms with Gasteiger partial charge in [-0.2, -0.15) is 23.9 Å². The average molecular weight is 914 g/mol. The van der Waals surface area contributed by atoms with Gasteiger partial charge in [0.05, 0.1) is 34.9 Å². The number of aromatic amines is 3. The van der Waals surface area contributed by atoms with Crippen LogP contribution in [-0.4, -0.2) is 149 Å². The van der Waals surface area contributed by atoms with Gasteiger partial charge in [-0.25, -0.2) is 53.7 Å². The summed E-state index contributed by atoms with van der Waals surface area (Å²) in [7, 11) is -6.99. The summed E-state index contributed by atoms with van der Waals surface area (Å²) in [5.74, 6) is -1.40. The number of hydrogen-bond acceptors (Lipinski definition) is 14. The van der Waals surface area contributed by atoms with Crippen molar-refractivity contribution in [1.29, 1.82) is 0 Å². The number of ether oxygens (including phenoxy) is 1. The number of nitrogens with one attached hydrogen (secondary N) is 4. The third-order valence-corrected chi connectivity index (χ3v) is 15.8. The Morgan fingerprint density at radius 3 is 1.79 bits per heavy atom. The van der Waals surface area contributed by atoms with E-state index in [0.29, 0.717) is 64.9 Å². The lowest BCUT2D eigenvalue weighted by atomic mass is 10.1. The van der Waals surface area contributed by atoms with Gasteiger partial charge in [0.1, 0.15) is 11.6 Å². The van der Waals surface area contributed by atoms with Gasteiger partial charge in [0, 0.05) is 56.9 Å². The summed E-state index contributed by atoms with van der Waals surface area (Å²) in [6, 6.07) is 13.3. The molecule has 2 bridgehead atoms. The molecule has 3 aliphatic rings. The number of likely N-dealkylation sites (N-methyl/N-ethyl adjacent to an activating group) is 1. The van der Waals surface area contributed by atoms with Crippen LogP contribution in [-0.2, 0) is 41.2 Å². The van der Waals surface area contributed by atoms with E-state index in [1.54, 1.807) is 48.8 Å². The molecule has 4 N–H and O–H groups in total. The van der Waals surface area contributed by atoms with E-state index >= 15 is 0 Å². The number of pyridine rings is 3. The molecule has 3 aliphatic heterocycles. The molecule has 3 atom stereocenters. The Bertz CT molecular complexity index is 3050. The Morgan fingerprint density at radius 2 is 1.29 bits per heavy atom. The van der Waals surface area contributed by atoms with Crippen molar-refractivity contribution in [2.24, 2.45) is 0 Å². The van der Waals surface area contributed by atoms with Crippen LogP contribution in [0.2, 0.25) is 0 Å². The van der Waals surface area contributed by atoms with Gasteiger partial charge in [-0.3, -0.25) is 15.3 Å². The first kappa shape index (κ1) is 43.2. The standard InChI is InChI=1S/C14H12F2N4O2S.C12H17N5O2S.C11H12N4O3S/c15-10-6-9(7-11(16)8-10)3-5-18-23(21,22)14-12-2-1-4-17-13(12)19-20-14;1-16(2)9-5-7-17(8-9)20(18,19)12-10-4-3-6-13-11(10)14-15-12;16-19(17,15-5-8-4-7(15)6-18-8)11-9-2-1-3-12-10(9)13-14-11/h1-2,4,6-8,18H,3,5H2,(H,17,19,20);3-4,6,9H,5,7-8H2,1-2H3,(H,13,14,15);1-3,7-8H,4-6H2,(H,12,13,14)/t;;7?,8-/m..1/s1. The van der Waals surface area contributed by atoms with Crippen molar-refractivity contribution in [1.82, 2.24) is 63.8 Å². The van der Waals surface area contributed by atoms with Crippen LogP contribution in [0.1, 0.15) is 18.4 Å². The number of nitrogens with zero attached hydrogens (tertiary/aromatic N) is 9. The number of aromatic nitrogens is 9. The molecule has 1 aromatic carbocycles. The highest BCUT2D eigenvalue weighted by atomic mass is 32.2. The molecule has 2 unspecified atom stereocenters. The SMILES string of the molecule is CN(C)C1CCN(S(=O)(=O)c2[nH]nc3ncccc23)C1.O=S(=O)(NCCc1cc(F)cc(F)c1)c1[nH]nc2ncccc12.O=S(=O)(c1[nH]nc2ncccc12)N1C[C@H]2CC1CO2. The van der Waals surface area contributed by atoms with Crippen molar-refractivity contribution in [2.45, 2.75) is 52.5 Å². The summed E-state index contributed by atoms with van der Waals surface area (Å²) in [6.45, 7) is 1.94. The van der Waals surface area contributed by atoms with E-state index in [2.05, 4.69) is 55.2 Å². The second-order valence-corrected chi connectivity index (χ2v) is 20.3. The summed E-state index contributed by atoms with van der Waals surface area (Å²) in [4.78, 5) is 14.1. The number of hydrogen-bond donors (Lipinski definition) is 4. The van der Waals surface area contributed by atoms with Gasteiger partial charge in [-0.1, -0.05) is 0 Å². The Kier molecular flexibility index (Phi) is 12.1. The molecule has 25 heteroatoms. The molecule has 0 radical (unpaired) electrons. The molecular weight excluding hydrogens is 873 g/mol. The Morgan fingerprint density at radius 1 is 0.758 bits per heavy atom. The number of fused-ring (bicyclic) bond motifs is 5. The maximum atomic E-state index is 13.1. The summed E-state index contributed by atoms with van der Waals surface area (Å²) in [6.07, 6.45) is 6.50. The number of benzene rings is 1. The van der Waals surface area contributed by atoms with Gasteiger partial charge in [-0.15, -0.1) is 0 Å². The van der Waals surface area contributed by atoms with E-state index in [-0.39, 0.29) is 46.2 Å². The zero-order valence-electron chi connectivity index (χ0n) is 33.2. The summed E-state index contributed by atoms with van der Waals surface area (Å²) < 4.78 is 112. The van der Waals surface area contributed by atoms with Crippen molar-refractivity contribution < 1.29 is 38.8 Å². The lowest BCUT2D eigenvalue weighted by molar-refractivity contribution is 0.0608. The molecule has 0 amide bonds. The fourth-order valence-electron chi connectivity index (χ4n) is 7.49. The minimum Gasteiger partial charge on any atom is -0.375 e. The predicted octanol–water partition coefficient (Wildman–Crippen LogP) is 2.16. The molecule has 3 saturated heterocycles. The molecule has 0 spiro atoms. The van der Waals surface area contributed by atoms with Crippen LogP contribution in [0.15, 0.2) is 88.3 Å². The molecular formula is C37H41F2N13O7S3. The first-order chi connectivity index (χ1) is 29.6. The van der Waals surface area contributed by atoms with Gasteiger partial charge < -0.3 is 9.64 Å². The molecule has 6 aromatic heterocycles. The summed E-state index contributed by atoms with van der Waals surface area (Å²) in [5, 5.41) is 21.0. The van der Waals surface area contributed by atoms with Crippen molar-refractivity contribution >= 4 is 63.2 Å². The maximum absolute atomic E-state index is 13.1. The third-order valence-electron chi connectivity index (χ3n) is 10.7. The smallest absolute Gasteiger partial charge is 0.261 e. The molecule has 9 heterocycles. The normalized spacial score (nSPS) is 19.6. The highest BCUT2D eigenvalue weighted by molar-refractivity contribution is 7.90. The van der Waals surface area contributed by atoms with Crippen molar-refractivity contribution in [2.75, 3.05) is 46.9 Å². The van der Waals surface area contributed by atoms with Crippen molar-refractivity contribution in [3.63, 3.8) is 0 Å². The fourth-order valence-corrected chi connectivity index (χ4v) is 11.9. The number of sulfonamides is 3. The minimum absolute atomic E-state index is 0.00793. The molecule has 7 aromatic rings. The van der Waals surface area contributed by atoms with E-state index in [1.165, 1.54) is 14.8 Å². The van der Waals surface area contributed by atoms with Gasteiger partial charge in [0.25, 0.3) is 30.1 Å². The predicted molar refractivity (Wildman–Crippen MR) is 220 cm³/mol. The fraction of sp³-hybridized carbons (Fsp3) is 0.351. The topological polar surface area (TPSA) is 258 Å². The van der Waals surface area contributed by atoms with E-state index in [4.69, 9.17) is 4.74 Å². The van der Waals surface area contributed by atoms with Crippen LogP contribution in [0.25, 0.3) is 33.1 Å². The van der Waals surface area contributed by atoms with Crippen LogP contribution < -0.4 is 4.72 Å². The van der Waals surface area contributed by atoms with E-state index in [1.807, 2.05) is 14.1 Å². The zero-order chi connectivity index (χ0) is 43.8. The highest BCUT2D eigenvalue weighted by Gasteiger charge is 2.46. The molecule has 0 aliphatic carbocycles. The van der Waals surface area contributed by atoms with E-state index in [9.17, 15) is 34.0 Å². The molecule has 62 heavy (non-hydrogen) atoms. The maximum Gasteiger partial charge on any atom is 0.261 e. The Balaban J connectivity index is 0.000000129. The largest absolute Gasteiger partial charge is 0.375 e. The van der Waals surface area contributed by atoms with E-state index < -0.39 is 41.7 Å². The Labute approximate surface area is 354 Å². The van der Waals surface area contributed by atoms with Crippen LogP contribution in [0.3, 0.4) is 0 Å². The van der Waals surface area contributed by atoms with Crippen molar-refractivity contribution in [3.05, 3.63) is 90.4 Å². The van der Waals surface area contributed by atoms with Gasteiger partial charge in [0.15, 0.2) is 32.0 Å². The monoisotopic (exact) mass is 913 g/mol. The van der Waals surface area contributed by atoms with Gasteiger partial charge >= 0.3 is 0 Å². The average Bonchev–Trinajstić information content (AvgIpc) is 4.11. The third kappa shape index (κ3) is 8.78. The number of rotatable bonds is 10. The number of H-pyrrole nitrogens is 3. The molecule has 3 fully saturated rings. The van der Waals surface area contributed by atoms with Gasteiger partial charge in [0.2, 0.25) is 0 Å². The van der Waals surface area contributed by atoms with Crippen LogP contribution in [0.5, 0.6) is 0 Å². The molecule has 328 valence electrons. The first-order valence-electron chi connectivity index (χ1n) is 19.2. The first-order valence-corrected chi connectivity index (χ1v) is 23.6. The second kappa shape index (κ2) is 17.4. The van der Waals surface area contributed by atoms with Crippen LogP contribution >= 0.6 is 0 Å². The van der Waals surface area contributed by atoms with Crippen LogP contribution in [0.4, 0.5) is 8.78 Å². The lowest BCUT2D eigenvalue weighted by Crippen LogP contribution is -2.41. The van der Waals surface area contributed by atoms with Crippen molar-refractivity contribution in [3.8, 4) is 0 Å². The molecule has 10 rings (SSSR count). The van der Waals surface area contributed by atoms with Crippen LogP contribution in [0, 0.1) is 11.6 Å². The summed E-state index contributed by atoms with van der Waals surface area (Å²) in [5.41, 5.74) is 1.50. The Hall–Kier alpha value is -5.41. The summed E-state index contributed by atoms with van der Waals surface area (Å²) >= 11 is 0. The minimum atomic E-state index is -3.83. The zero-order valence-corrected chi connectivity index (χ0v) is 35.6. The lowest BCUT2D eigenvalue weighted by Gasteiger charge is -2.25. The quantitative estimate of drug-likeness (QED) is 0.153. The molecule has 20 nitrogen and oxygen atoms in total. The highest BCUT2D eigenvalue weighted by Crippen LogP contribution is 2.34. The van der Waals surface area contributed by atoms with Gasteiger partial charge in [-0.05, 0) is 87.5 Å². The second-order valence-electron chi connectivity index (χ2n) is 14.9. The molecule has 0 saturated carbocycles. The number of morpholine rings is 1. The number of halogens is 2. The van der Waals surface area contributed by atoms with E-state index in [0.717, 1.165) is 31.0 Å².